The number of piperidine rings is 1. The van der Waals surface area contributed by atoms with Gasteiger partial charge >= 0.3 is 0 Å². The molecule has 0 atom stereocenters. The first kappa shape index (κ1) is 11.5. The Bertz CT molecular complexity index is 192. The largest absolute Gasteiger partial charge is 0.353 e. The first-order valence-corrected chi connectivity index (χ1v) is 5.05. The zero-order chi connectivity index (χ0) is 10.6. The Labute approximate surface area is 85.2 Å². The van der Waals surface area contributed by atoms with Gasteiger partial charge in [-0.1, -0.05) is 6.92 Å². The van der Waals surface area contributed by atoms with E-state index in [9.17, 15) is 4.79 Å². The third kappa shape index (κ3) is 2.25. The number of likely N-dealkylation sites (tertiary alicyclic amines) is 1. The molecule has 4 nitrogen and oxygen atoms in total. The molecule has 0 bridgehead atoms. The minimum atomic E-state index is -0.468. The van der Waals surface area contributed by atoms with Crippen molar-refractivity contribution in [3.63, 3.8) is 0 Å². The Balaban J connectivity index is 2.48. The number of hydrogen-bond acceptors (Lipinski definition) is 3. The lowest BCUT2D eigenvalue weighted by Gasteiger charge is -2.39. The summed E-state index contributed by atoms with van der Waals surface area (Å²) in [5.74, 6) is -0.254. The van der Waals surface area contributed by atoms with Gasteiger partial charge in [-0.05, 0) is 0 Å². The van der Waals surface area contributed by atoms with Crippen LogP contribution in [0.25, 0.3) is 0 Å². The van der Waals surface area contributed by atoms with Crippen molar-refractivity contribution >= 4 is 5.91 Å². The average Bonchev–Trinajstić information content (AvgIpc) is 2.28. The minimum Gasteiger partial charge on any atom is -0.353 e. The second kappa shape index (κ2) is 4.75. The molecule has 4 heteroatoms. The summed E-state index contributed by atoms with van der Waals surface area (Å²) in [6.07, 6.45) is 2.09. The van der Waals surface area contributed by atoms with E-state index in [1.807, 2.05) is 11.8 Å². The lowest BCUT2D eigenvalue weighted by atomic mass is 10.0. The minimum absolute atomic E-state index is 0.214. The lowest BCUT2D eigenvalue weighted by molar-refractivity contribution is -0.228. The zero-order valence-electron chi connectivity index (χ0n) is 9.21. The van der Waals surface area contributed by atoms with Crippen LogP contribution in [0.2, 0.25) is 0 Å². The summed E-state index contributed by atoms with van der Waals surface area (Å²) in [6.45, 7) is 3.35. The third-order valence-electron chi connectivity index (χ3n) is 2.92. The van der Waals surface area contributed by atoms with Gasteiger partial charge < -0.3 is 14.4 Å². The number of rotatable bonds is 3. The Morgan fingerprint density at radius 2 is 1.79 bits per heavy atom. The van der Waals surface area contributed by atoms with Crippen molar-refractivity contribution in [1.29, 1.82) is 0 Å². The summed E-state index contributed by atoms with van der Waals surface area (Å²) in [6, 6.07) is 0. The summed E-state index contributed by atoms with van der Waals surface area (Å²) >= 11 is 0. The molecule has 1 saturated heterocycles. The van der Waals surface area contributed by atoms with Crippen LogP contribution >= 0.6 is 0 Å². The Morgan fingerprint density at radius 1 is 1.29 bits per heavy atom. The molecule has 1 amide bonds. The number of carbonyl (C=O) groups excluding carboxylic acids is 1. The van der Waals surface area contributed by atoms with Crippen LogP contribution in [0.3, 0.4) is 0 Å². The highest BCUT2D eigenvalue weighted by Crippen LogP contribution is 2.26. The molecule has 1 aliphatic rings. The molecule has 14 heavy (non-hydrogen) atoms. The molecule has 1 heterocycles. The van der Waals surface area contributed by atoms with Crippen molar-refractivity contribution in [2.24, 2.45) is 0 Å². The summed E-state index contributed by atoms with van der Waals surface area (Å²) in [5.41, 5.74) is 0. The molecule has 0 aromatic carbocycles. The van der Waals surface area contributed by atoms with Crippen LogP contribution in [0.5, 0.6) is 0 Å². The topological polar surface area (TPSA) is 38.8 Å². The number of ether oxygens (including phenoxy) is 2. The fraction of sp³-hybridized carbons (Fsp3) is 0.900. The first-order chi connectivity index (χ1) is 6.67. The molecule has 0 aromatic heterocycles. The van der Waals surface area contributed by atoms with E-state index in [1.165, 1.54) is 0 Å². The van der Waals surface area contributed by atoms with E-state index in [1.54, 1.807) is 14.2 Å². The van der Waals surface area contributed by atoms with Gasteiger partial charge in [0.15, 0.2) is 5.79 Å². The maximum absolute atomic E-state index is 11.4. The average molecular weight is 201 g/mol. The third-order valence-corrected chi connectivity index (χ3v) is 2.92. The molecule has 0 aliphatic carbocycles. The molecule has 0 radical (unpaired) electrons. The molecule has 1 rings (SSSR count). The van der Waals surface area contributed by atoms with Gasteiger partial charge in [-0.2, -0.15) is 0 Å². The zero-order valence-corrected chi connectivity index (χ0v) is 9.21. The number of nitrogens with zero attached hydrogens (tertiary/aromatic N) is 1. The summed E-state index contributed by atoms with van der Waals surface area (Å²) in [7, 11) is 3.31. The smallest absolute Gasteiger partial charge is 0.222 e. The highest BCUT2D eigenvalue weighted by molar-refractivity contribution is 5.75. The molecule has 0 unspecified atom stereocenters. The predicted octanol–water partition coefficient (Wildman–Crippen LogP) is 1.01. The fourth-order valence-corrected chi connectivity index (χ4v) is 1.81. The van der Waals surface area contributed by atoms with Gasteiger partial charge in [0, 0.05) is 46.6 Å². The molecule has 0 aromatic rings. The van der Waals surface area contributed by atoms with Crippen LogP contribution in [0.1, 0.15) is 26.2 Å². The lowest BCUT2D eigenvalue weighted by Crippen LogP contribution is -2.48. The Morgan fingerprint density at radius 3 is 2.14 bits per heavy atom. The number of amides is 1. The molecular weight excluding hydrogens is 182 g/mol. The highest BCUT2D eigenvalue weighted by Gasteiger charge is 2.35. The SMILES string of the molecule is CCC(=O)N1CCC(OC)(OC)CC1. The fourth-order valence-electron chi connectivity index (χ4n) is 1.81. The van der Waals surface area contributed by atoms with Crippen molar-refractivity contribution in [2.45, 2.75) is 32.0 Å². The molecular formula is C10H19NO3. The molecule has 82 valence electrons. The van der Waals surface area contributed by atoms with Gasteiger partial charge in [0.25, 0.3) is 0 Å². The van der Waals surface area contributed by atoms with Gasteiger partial charge in [0.1, 0.15) is 0 Å². The van der Waals surface area contributed by atoms with E-state index in [2.05, 4.69) is 0 Å². The molecule has 0 N–H and O–H groups in total. The first-order valence-electron chi connectivity index (χ1n) is 5.05. The summed E-state index contributed by atoms with van der Waals surface area (Å²) < 4.78 is 10.7. The van der Waals surface area contributed by atoms with Crippen LogP contribution in [-0.4, -0.2) is 43.9 Å². The van der Waals surface area contributed by atoms with Crippen LogP contribution in [0, 0.1) is 0 Å². The number of methoxy groups -OCH3 is 2. The van der Waals surface area contributed by atoms with E-state index in [-0.39, 0.29) is 5.91 Å². The quantitative estimate of drug-likeness (QED) is 0.640. The summed E-state index contributed by atoms with van der Waals surface area (Å²) in [5, 5.41) is 0. The molecule has 1 fully saturated rings. The van der Waals surface area contributed by atoms with Gasteiger partial charge in [-0.25, -0.2) is 0 Å². The normalized spacial score (nSPS) is 20.9. The second-order valence-corrected chi connectivity index (χ2v) is 3.55. The van der Waals surface area contributed by atoms with Gasteiger partial charge in [0.05, 0.1) is 0 Å². The van der Waals surface area contributed by atoms with E-state index < -0.39 is 5.79 Å². The Kier molecular flexibility index (Phi) is 3.89. The van der Waals surface area contributed by atoms with Crippen molar-refractivity contribution in [3.05, 3.63) is 0 Å². The van der Waals surface area contributed by atoms with Gasteiger partial charge in [0.2, 0.25) is 5.91 Å². The van der Waals surface area contributed by atoms with E-state index in [0.29, 0.717) is 6.42 Å². The van der Waals surface area contributed by atoms with Gasteiger partial charge in [-0.3, -0.25) is 4.79 Å². The van der Waals surface area contributed by atoms with Crippen molar-refractivity contribution in [2.75, 3.05) is 27.3 Å². The predicted molar refractivity (Wildman–Crippen MR) is 52.9 cm³/mol. The van der Waals surface area contributed by atoms with Gasteiger partial charge in [-0.15, -0.1) is 0 Å². The maximum atomic E-state index is 11.4. The van der Waals surface area contributed by atoms with E-state index in [4.69, 9.17) is 9.47 Å². The van der Waals surface area contributed by atoms with E-state index >= 15 is 0 Å². The van der Waals surface area contributed by atoms with Crippen LogP contribution < -0.4 is 0 Å². The molecule has 0 spiro atoms. The van der Waals surface area contributed by atoms with Crippen LogP contribution in [-0.2, 0) is 14.3 Å². The van der Waals surface area contributed by atoms with Crippen LogP contribution in [0.15, 0.2) is 0 Å². The molecule has 1 aliphatic heterocycles. The maximum Gasteiger partial charge on any atom is 0.222 e. The van der Waals surface area contributed by atoms with Crippen molar-refractivity contribution < 1.29 is 14.3 Å². The summed E-state index contributed by atoms with van der Waals surface area (Å²) in [4.78, 5) is 13.3. The Hall–Kier alpha value is -0.610. The van der Waals surface area contributed by atoms with E-state index in [0.717, 1.165) is 25.9 Å². The van der Waals surface area contributed by atoms with Crippen molar-refractivity contribution in [1.82, 2.24) is 4.90 Å². The highest BCUT2D eigenvalue weighted by atomic mass is 16.7. The number of hydrogen-bond donors (Lipinski definition) is 0. The standard InChI is InChI=1S/C10H19NO3/c1-4-9(12)11-7-5-10(13-2,14-3)6-8-11/h4-8H2,1-3H3. The monoisotopic (exact) mass is 201 g/mol. The molecule has 0 saturated carbocycles. The second-order valence-electron chi connectivity index (χ2n) is 3.55. The number of carbonyl (C=O) groups is 1. The van der Waals surface area contributed by atoms with Crippen molar-refractivity contribution in [3.8, 4) is 0 Å². The van der Waals surface area contributed by atoms with Crippen LogP contribution in [0.4, 0.5) is 0 Å².